The zero-order valence-electron chi connectivity index (χ0n) is 18.0. The number of carbonyl (C=O) groups is 1. The van der Waals surface area contributed by atoms with Crippen molar-refractivity contribution >= 4 is 11.6 Å². The van der Waals surface area contributed by atoms with Gasteiger partial charge in [-0.15, -0.1) is 0 Å². The Kier molecular flexibility index (Phi) is 5.35. The number of amides is 1. The summed E-state index contributed by atoms with van der Waals surface area (Å²) in [5.41, 5.74) is 5.41. The van der Waals surface area contributed by atoms with Gasteiger partial charge in [-0.1, -0.05) is 50.2 Å². The molecule has 1 aliphatic heterocycles. The molecule has 4 nitrogen and oxygen atoms in total. The third kappa shape index (κ3) is 3.83. The van der Waals surface area contributed by atoms with Gasteiger partial charge in [0, 0.05) is 34.3 Å². The second-order valence-corrected chi connectivity index (χ2v) is 8.57. The van der Waals surface area contributed by atoms with Crippen LogP contribution < -0.4 is 10.1 Å². The Balaban J connectivity index is 1.91. The Labute approximate surface area is 178 Å². The van der Waals surface area contributed by atoms with Crippen molar-refractivity contribution in [2.75, 3.05) is 32.6 Å². The summed E-state index contributed by atoms with van der Waals surface area (Å²) in [6, 6.07) is 22.2. The lowest BCUT2D eigenvalue weighted by molar-refractivity contribution is 0.102. The fraction of sp³-hybridized carbons (Fsp3) is 0.269. The Morgan fingerprint density at radius 1 is 0.900 bits per heavy atom. The Bertz CT molecular complexity index is 1090. The van der Waals surface area contributed by atoms with Crippen molar-refractivity contribution in [3.8, 4) is 16.9 Å². The molecule has 1 N–H and O–H groups in total. The highest BCUT2D eigenvalue weighted by molar-refractivity contribution is 6.06. The molecule has 0 radical (unpaired) electrons. The van der Waals surface area contributed by atoms with Gasteiger partial charge in [-0.05, 0) is 55.6 Å². The summed E-state index contributed by atoms with van der Waals surface area (Å²) in [7, 11) is 4.06. The van der Waals surface area contributed by atoms with Gasteiger partial charge in [-0.3, -0.25) is 4.79 Å². The van der Waals surface area contributed by atoms with Crippen LogP contribution in [-0.4, -0.2) is 38.1 Å². The van der Waals surface area contributed by atoms with Crippen molar-refractivity contribution in [2.24, 2.45) is 0 Å². The molecular formula is C26H28N2O2. The lowest BCUT2D eigenvalue weighted by atomic mass is 9.77. The monoisotopic (exact) mass is 400 g/mol. The van der Waals surface area contributed by atoms with E-state index in [9.17, 15) is 4.79 Å². The standard InChI is InChI=1S/C26H28N2O2/c1-26(2)19-9-7-8-18(16-19)25(29)27-23-11-6-5-10-21(23)22-17-20(26)12-13-24(22)30-15-14-28(3)4/h5-13,16-17H,14-15H2,1-4H3,(H,27,29). The number of rotatable bonds is 4. The quantitative estimate of drug-likeness (QED) is 0.656. The number of nitrogens with zero attached hydrogens (tertiary/aromatic N) is 1. The highest BCUT2D eigenvalue weighted by atomic mass is 16.5. The SMILES string of the molecule is CN(C)CCOc1ccc2cc1-c1ccccc1NC(=O)c1cccc(c1)C2(C)C. The molecule has 1 heterocycles. The van der Waals surface area contributed by atoms with E-state index >= 15 is 0 Å². The molecule has 30 heavy (non-hydrogen) atoms. The van der Waals surface area contributed by atoms with Crippen LogP contribution in [0.3, 0.4) is 0 Å². The topological polar surface area (TPSA) is 41.6 Å². The summed E-state index contributed by atoms with van der Waals surface area (Å²) in [5, 5.41) is 3.10. The van der Waals surface area contributed by atoms with Gasteiger partial charge in [0.15, 0.2) is 0 Å². The third-order valence-electron chi connectivity index (χ3n) is 5.81. The van der Waals surface area contributed by atoms with Crippen molar-refractivity contribution in [1.82, 2.24) is 4.90 Å². The summed E-state index contributed by atoms with van der Waals surface area (Å²) in [4.78, 5) is 15.1. The molecule has 0 fully saturated rings. The largest absolute Gasteiger partial charge is 0.492 e. The number of carbonyl (C=O) groups excluding carboxylic acids is 1. The minimum absolute atomic E-state index is 0.106. The molecule has 4 bridgehead atoms. The average Bonchev–Trinajstić information content (AvgIpc) is 2.74. The zero-order chi connectivity index (χ0) is 21.3. The van der Waals surface area contributed by atoms with Gasteiger partial charge in [0.05, 0.1) is 0 Å². The van der Waals surface area contributed by atoms with Crippen LogP contribution in [0, 0.1) is 0 Å². The summed E-state index contributed by atoms with van der Waals surface area (Å²) in [6.45, 7) is 5.81. The Hall–Kier alpha value is -3.11. The predicted octanol–water partition coefficient (Wildman–Crippen LogP) is 5.19. The maximum absolute atomic E-state index is 13.0. The fourth-order valence-corrected chi connectivity index (χ4v) is 3.83. The summed E-state index contributed by atoms with van der Waals surface area (Å²) in [6.07, 6.45) is 0. The van der Waals surface area contributed by atoms with Crippen LogP contribution in [0.4, 0.5) is 5.69 Å². The first kappa shape index (κ1) is 20.2. The van der Waals surface area contributed by atoms with Crippen LogP contribution in [0.25, 0.3) is 11.1 Å². The lowest BCUT2D eigenvalue weighted by Gasteiger charge is -2.27. The van der Waals surface area contributed by atoms with E-state index in [0.717, 1.165) is 34.7 Å². The molecule has 0 saturated heterocycles. The van der Waals surface area contributed by atoms with Crippen LogP contribution in [0.5, 0.6) is 5.75 Å². The fourth-order valence-electron chi connectivity index (χ4n) is 3.83. The Morgan fingerprint density at radius 3 is 2.47 bits per heavy atom. The van der Waals surface area contributed by atoms with E-state index in [4.69, 9.17) is 4.74 Å². The normalized spacial score (nSPS) is 14.5. The molecule has 154 valence electrons. The van der Waals surface area contributed by atoms with Gasteiger partial charge >= 0.3 is 0 Å². The molecule has 3 aromatic carbocycles. The average molecular weight is 401 g/mol. The smallest absolute Gasteiger partial charge is 0.255 e. The second-order valence-electron chi connectivity index (χ2n) is 8.57. The highest BCUT2D eigenvalue weighted by Gasteiger charge is 2.27. The minimum atomic E-state index is -0.257. The molecule has 4 rings (SSSR count). The Morgan fingerprint density at radius 2 is 1.67 bits per heavy atom. The van der Waals surface area contributed by atoms with Crippen LogP contribution in [-0.2, 0) is 5.41 Å². The van der Waals surface area contributed by atoms with Crippen molar-refractivity contribution in [3.63, 3.8) is 0 Å². The van der Waals surface area contributed by atoms with Gasteiger partial charge in [-0.25, -0.2) is 0 Å². The lowest BCUT2D eigenvalue weighted by Crippen LogP contribution is -2.21. The molecule has 4 heteroatoms. The van der Waals surface area contributed by atoms with Crippen LogP contribution in [0.2, 0.25) is 0 Å². The molecule has 1 amide bonds. The molecule has 0 atom stereocenters. The van der Waals surface area contributed by atoms with Crippen molar-refractivity contribution < 1.29 is 9.53 Å². The predicted molar refractivity (Wildman–Crippen MR) is 122 cm³/mol. The first-order valence-electron chi connectivity index (χ1n) is 10.3. The summed E-state index contributed by atoms with van der Waals surface area (Å²) >= 11 is 0. The van der Waals surface area contributed by atoms with Gasteiger partial charge in [0.2, 0.25) is 0 Å². The summed E-state index contributed by atoms with van der Waals surface area (Å²) in [5.74, 6) is 0.717. The zero-order valence-corrected chi connectivity index (χ0v) is 18.0. The number of hydrogen-bond donors (Lipinski definition) is 1. The summed E-state index contributed by atoms with van der Waals surface area (Å²) < 4.78 is 6.17. The van der Waals surface area contributed by atoms with Crippen LogP contribution in [0.1, 0.15) is 35.3 Å². The number of nitrogens with one attached hydrogen (secondary N) is 1. The number of benzene rings is 3. The molecule has 3 aromatic rings. The second kappa shape index (κ2) is 7.96. The van der Waals surface area contributed by atoms with E-state index < -0.39 is 0 Å². The van der Waals surface area contributed by atoms with Crippen LogP contribution in [0.15, 0.2) is 66.7 Å². The molecule has 0 aromatic heterocycles. The highest BCUT2D eigenvalue weighted by Crippen LogP contribution is 2.41. The molecule has 0 saturated carbocycles. The first-order valence-corrected chi connectivity index (χ1v) is 10.3. The van der Waals surface area contributed by atoms with E-state index in [1.165, 1.54) is 5.56 Å². The van der Waals surface area contributed by atoms with Gasteiger partial charge in [0.25, 0.3) is 5.91 Å². The number of para-hydroxylation sites is 1. The molecule has 1 aliphatic rings. The number of hydrogen-bond acceptors (Lipinski definition) is 3. The van der Waals surface area contributed by atoms with Crippen LogP contribution >= 0.6 is 0 Å². The van der Waals surface area contributed by atoms with Gasteiger partial charge in [0.1, 0.15) is 12.4 Å². The minimum Gasteiger partial charge on any atom is -0.492 e. The van der Waals surface area contributed by atoms with Gasteiger partial charge in [-0.2, -0.15) is 0 Å². The van der Waals surface area contributed by atoms with Crippen molar-refractivity contribution in [2.45, 2.75) is 19.3 Å². The van der Waals surface area contributed by atoms with E-state index in [0.29, 0.717) is 12.2 Å². The number of fused-ring (bicyclic) bond motifs is 6. The maximum atomic E-state index is 13.0. The number of ether oxygens (including phenoxy) is 1. The van der Waals surface area contributed by atoms with E-state index in [1.807, 2.05) is 56.6 Å². The first-order chi connectivity index (χ1) is 14.4. The molecule has 0 spiro atoms. The van der Waals surface area contributed by atoms with E-state index in [2.05, 4.69) is 48.3 Å². The van der Waals surface area contributed by atoms with E-state index in [-0.39, 0.29) is 11.3 Å². The third-order valence-corrected chi connectivity index (χ3v) is 5.81. The molecular weight excluding hydrogens is 372 g/mol. The maximum Gasteiger partial charge on any atom is 0.255 e. The molecule has 0 unspecified atom stereocenters. The number of anilines is 1. The van der Waals surface area contributed by atoms with Crippen molar-refractivity contribution in [1.29, 1.82) is 0 Å². The molecule has 0 aliphatic carbocycles. The van der Waals surface area contributed by atoms with Gasteiger partial charge < -0.3 is 15.0 Å². The number of likely N-dealkylation sites (N-methyl/N-ethyl adjacent to an activating group) is 1. The van der Waals surface area contributed by atoms with Crippen molar-refractivity contribution in [3.05, 3.63) is 83.4 Å². The van der Waals surface area contributed by atoms with E-state index in [1.54, 1.807) is 0 Å².